The molecule has 0 amide bonds. The van der Waals surface area contributed by atoms with Gasteiger partial charge < -0.3 is 0 Å². The molecular formula is C9H10OS2. The number of carbonyl (C=O) groups is 1. The largest absolute Gasteiger partial charge is 0.294 e. The molecule has 0 saturated carbocycles. The average molecular weight is 198 g/mol. The third-order valence-corrected chi connectivity index (χ3v) is 2.67. The molecule has 0 heterocycles. The van der Waals surface area contributed by atoms with Gasteiger partial charge in [-0.05, 0) is 6.07 Å². The number of carbonyl (C=O) groups excluding carboxylic acids is 1. The van der Waals surface area contributed by atoms with Gasteiger partial charge in [-0.15, -0.1) is 25.3 Å². The van der Waals surface area contributed by atoms with E-state index in [0.717, 1.165) is 4.90 Å². The van der Waals surface area contributed by atoms with Crippen molar-refractivity contribution in [3.63, 3.8) is 0 Å². The summed E-state index contributed by atoms with van der Waals surface area (Å²) in [5.74, 6) is 0.107. The van der Waals surface area contributed by atoms with Crippen molar-refractivity contribution in [2.45, 2.75) is 23.1 Å². The first-order valence-electron chi connectivity index (χ1n) is 3.71. The Bertz CT molecular complexity index is 307. The van der Waals surface area contributed by atoms with Crippen molar-refractivity contribution in [3.8, 4) is 0 Å². The molecule has 0 radical (unpaired) electrons. The lowest BCUT2D eigenvalue weighted by Crippen LogP contribution is -1.97. The van der Waals surface area contributed by atoms with E-state index in [0.29, 0.717) is 16.9 Å². The first-order valence-corrected chi connectivity index (χ1v) is 4.60. The second-order valence-corrected chi connectivity index (χ2v) is 3.38. The van der Waals surface area contributed by atoms with E-state index < -0.39 is 0 Å². The molecule has 1 rings (SSSR count). The fraction of sp³-hybridized carbons (Fsp3) is 0.222. The molecule has 0 fully saturated rings. The molecule has 1 aromatic carbocycles. The lowest BCUT2D eigenvalue weighted by molar-refractivity contribution is 0.0985. The van der Waals surface area contributed by atoms with Gasteiger partial charge in [0.25, 0.3) is 0 Å². The Morgan fingerprint density at radius 3 is 2.67 bits per heavy atom. The van der Waals surface area contributed by atoms with Crippen LogP contribution >= 0.6 is 25.3 Å². The number of hydrogen-bond donors (Lipinski definition) is 2. The highest BCUT2D eigenvalue weighted by Crippen LogP contribution is 2.22. The Balaban J connectivity index is 3.16. The molecule has 0 saturated heterocycles. The van der Waals surface area contributed by atoms with Gasteiger partial charge in [0.05, 0.1) is 0 Å². The number of Topliss-reactive ketones (excluding diaryl/α,β-unsaturated/α-hetero) is 1. The standard InChI is InChI=1S/C9H10OS2/c1-2-7(10)6-4-3-5-8(11)9(6)12/h3-5,11-12H,2H2,1H3. The van der Waals surface area contributed by atoms with Crippen molar-refractivity contribution in [2.24, 2.45) is 0 Å². The normalized spacial score (nSPS) is 9.92. The Morgan fingerprint density at radius 2 is 2.08 bits per heavy atom. The van der Waals surface area contributed by atoms with Gasteiger partial charge in [0.15, 0.2) is 5.78 Å². The van der Waals surface area contributed by atoms with Gasteiger partial charge in [-0.25, -0.2) is 0 Å². The zero-order chi connectivity index (χ0) is 9.14. The molecule has 1 aromatic rings. The molecule has 0 aliphatic heterocycles. The van der Waals surface area contributed by atoms with Gasteiger partial charge in [-0.1, -0.05) is 19.1 Å². The molecule has 0 spiro atoms. The summed E-state index contributed by atoms with van der Waals surface area (Å²) in [6, 6.07) is 5.40. The minimum Gasteiger partial charge on any atom is -0.294 e. The van der Waals surface area contributed by atoms with E-state index in [9.17, 15) is 4.79 Å². The van der Waals surface area contributed by atoms with Gasteiger partial charge in [0, 0.05) is 21.8 Å². The summed E-state index contributed by atoms with van der Waals surface area (Å²) in [5, 5.41) is 0. The minimum atomic E-state index is 0.107. The van der Waals surface area contributed by atoms with Crippen molar-refractivity contribution in [2.75, 3.05) is 0 Å². The highest BCUT2D eigenvalue weighted by atomic mass is 32.1. The fourth-order valence-corrected chi connectivity index (χ4v) is 1.43. The number of benzene rings is 1. The third-order valence-electron chi connectivity index (χ3n) is 1.64. The lowest BCUT2D eigenvalue weighted by Gasteiger charge is -2.03. The van der Waals surface area contributed by atoms with Crippen LogP contribution in [0.3, 0.4) is 0 Å². The molecule has 0 aliphatic rings. The molecule has 1 nitrogen and oxygen atoms in total. The zero-order valence-electron chi connectivity index (χ0n) is 6.74. The van der Waals surface area contributed by atoms with Crippen LogP contribution in [0, 0.1) is 0 Å². The topological polar surface area (TPSA) is 17.1 Å². The maximum absolute atomic E-state index is 11.3. The lowest BCUT2D eigenvalue weighted by atomic mass is 10.1. The molecule has 0 aliphatic carbocycles. The van der Waals surface area contributed by atoms with Gasteiger partial charge >= 0.3 is 0 Å². The quantitative estimate of drug-likeness (QED) is 0.552. The Labute approximate surface area is 83.0 Å². The minimum absolute atomic E-state index is 0.107. The highest BCUT2D eigenvalue weighted by Gasteiger charge is 2.07. The van der Waals surface area contributed by atoms with Crippen molar-refractivity contribution in [3.05, 3.63) is 23.8 Å². The van der Waals surface area contributed by atoms with Gasteiger partial charge in [-0.3, -0.25) is 4.79 Å². The van der Waals surface area contributed by atoms with Crippen molar-refractivity contribution >= 4 is 31.0 Å². The molecule has 0 unspecified atom stereocenters. The summed E-state index contributed by atoms with van der Waals surface area (Å²) in [5.41, 5.74) is 0.660. The highest BCUT2D eigenvalue weighted by molar-refractivity contribution is 7.83. The fourth-order valence-electron chi connectivity index (χ4n) is 0.947. The SMILES string of the molecule is CCC(=O)c1cccc(S)c1S. The van der Waals surface area contributed by atoms with Crippen LogP contribution < -0.4 is 0 Å². The van der Waals surface area contributed by atoms with Crippen molar-refractivity contribution in [1.82, 2.24) is 0 Å². The Morgan fingerprint density at radius 1 is 1.42 bits per heavy atom. The number of rotatable bonds is 2. The number of thiol groups is 2. The molecule has 0 bridgehead atoms. The Hall–Kier alpha value is -0.410. The van der Waals surface area contributed by atoms with Crippen molar-refractivity contribution in [1.29, 1.82) is 0 Å². The number of hydrogen-bond acceptors (Lipinski definition) is 3. The predicted octanol–water partition coefficient (Wildman–Crippen LogP) is 2.86. The molecule has 0 aromatic heterocycles. The summed E-state index contributed by atoms with van der Waals surface area (Å²) in [4.78, 5) is 12.7. The van der Waals surface area contributed by atoms with Gasteiger partial charge in [0.2, 0.25) is 0 Å². The van der Waals surface area contributed by atoms with E-state index >= 15 is 0 Å². The zero-order valence-corrected chi connectivity index (χ0v) is 8.53. The van der Waals surface area contributed by atoms with Crippen molar-refractivity contribution < 1.29 is 4.79 Å². The van der Waals surface area contributed by atoms with Gasteiger partial charge in [-0.2, -0.15) is 0 Å². The first-order chi connectivity index (χ1) is 5.66. The Kier molecular flexibility index (Phi) is 3.23. The first kappa shape index (κ1) is 9.68. The van der Waals surface area contributed by atoms with Crippen LogP contribution in [0.25, 0.3) is 0 Å². The van der Waals surface area contributed by atoms with Crippen LogP contribution in [-0.2, 0) is 0 Å². The van der Waals surface area contributed by atoms with E-state index in [1.165, 1.54) is 0 Å². The van der Waals surface area contributed by atoms with Crippen LogP contribution in [0.5, 0.6) is 0 Å². The maximum atomic E-state index is 11.3. The van der Waals surface area contributed by atoms with Gasteiger partial charge in [0.1, 0.15) is 0 Å². The van der Waals surface area contributed by atoms with Crippen LogP contribution in [-0.4, -0.2) is 5.78 Å². The molecule has 64 valence electrons. The molecule has 0 atom stereocenters. The molecule has 3 heteroatoms. The summed E-state index contributed by atoms with van der Waals surface area (Å²) in [6.45, 7) is 1.83. The van der Waals surface area contributed by atoms with E-state index in [2.05, 4.69) is 25.3 Å². The van der Waals surface area contributed by atoms with E-state index in [-0.39, 0.29) is 5.78 Å². The summed E-state index contributed by atoms with van der Waals surface area (Å²) < 4.78 is 0. The second kappa shape index (κ2) is 4.01. The maximum Gasteiger partial charge on any atom is 0.163 e. The predicted molar refractivity (Wildman–Crippen MR) is 55.6 cm³/mol. The van der Waals surface area contributed by atoms with E-state index in [4.69, 9.17) is 0 Å². The van der Waals surface area contributed by atoms with Crippen LogP contribution in [0.1, 0.15) is 23.7 Å². The van der Waals surface area contributed by atoms with Crippen LogP contribution in [0.4, 0.5) is 0 Å². The third kappa shape index (κ3) is 1.84. The molecule has 0 N–H and O–H groups in total. The average Bonchev–Trinajstić information content (AvgIpc) is 2.08. The van der Waals surface area contributed by atoms with E-state index in [1.54, 1.807) is 6.07 Å². The van der Waals surface area contributed by atoms with E-state index in [1.807, 2.05) is 19.1 Å². The smallest absolute Gasteiger partial charge is 0.163 e. The summed E-state index contributed by atoms with van der Waals surface area (Å²) in [6.07, 6.45) is 0.505. The summed E-state index contributed by atoms with van der Waals surface area (Å²) in [7, 11) is 0. The monoisotopic (exact) mass is 198 g/mol. The van der Waals surface area contributed by atoms with Crippen LogP contribution in [0.2, 0.25) is 0 Å². The molecular weight excluding hydrogens is 188 g/mol. The van der Waals surface area contributed by atoms with Crippen LogP contribution in [0.15, 0.2) is 28.0 Å². The number of ketones is 1. The second-order valence-electron chi connectivity index (χ2n) is 2.45. The summed E-state index contributed by atoms with van der Waals surface area (Å²) >= 11 is 8.38. The molecule has 12 heavy (non-hydrogen) atoms.